The maximum atomic E-state index is 4.26. The quantitative estimate of drug-likeness (QED) is 0.931. The van der Waals surface area contributed by atoms with E-state index in [1.165, 1.54) is 5.56 Å². The molecule has 0 amide bonds. The average Bonchev–Trinajstić information content (AvgIpc) is 2.74. The second-order valence-electron chi connectivity index (χ2n) is 3.52. The molecule has 0 aliphatic carbocycles. The van der Waals surface area contributed by atoms with Gasteiger partial charge in [-0.3, -0.25) is 0 Å². The fourth-order valence-electron chi connectivity index (χ4n) is 1.56. The third kappa shape index (κ3) is 2.64. The molecule has 0 saturated heterocycles. The third-order valence-corrected chi connectivity index (χ3v) is 2.89. The van der Waals surface area contributed by atoms with E-state index in [0.717, 1.165) is 23.5 Å². The van der Waals surface area contributed by atoms with Crippen LogP contribution in [-0.2, 0) is 13.1 Å². The molecular weight excluding hydrogens is 266 g/mol. The Morgan fingerprint density at radius 3 is 3.06 bits per heavy atom. The highest BCUT2D eigenvalue weighted by Crippen LogP contribution is 2.13. The Morgan fingerprint density at radius 1 is 1.44 bits per heavy atom. The molecule has 1 aromatic carbocycles. The summed E-state index contributed by atoms with van der Waals surface area (Å²) in [6.45, 7) is 3.82. The van der Waals surface area contributed by atoms with Crippen LogP contribution in [0.2, 0.25) is 0 Å². The van der Waals surface area contributed by atoms with E-state index in [2.05, 4.69) is 49.9 Å². The Kier molecular flexibility index (Phi) is 3.62. The predicted molar refractivity (Wildman–Crippen MR) is 69.4 cm³/mol. The van der Waals surface area contributed by atoms with Crippen LogP contribution >= 0.6 is 15.9 Å². The first-order valence-corrected chi connectivity index (χ1v) is 6.08. The van der Waals surface area contributed by atoms with Crippen LogP contribution in [0.15, 0.2) is 41.1 Å². The maximum Gasteiger partial charge on any atom is 0.203 e. The topological polar surface area (TPSA) is 29.9 Å². The van der Waals surface area contributed by atoms with Crippen molar-refractivity contribution in [1.82, 2.24) is 9.55 Å². The molecule has 3 nitrogen and oxygen atoms in total. The van der Waals surface area contributed by atoms with Crippen LogP contribution in [0.4, 0.5) is 5.95 Å². The van der Waals surface area contributed by atoms with Crippen molar-refractivity contribution in [3.8, 4) is 0 Å². The molecule has 0 atom stereocenters. The van der Waals surface area contributed by atoms with E-state index in [1.807, 2.05) is 24.5 Å². The van der Waals surface area contributed by atoms with Gasteiger partial charge in [0.25, 0.3) is 0 Å². The third-order valence-electron chi connectivity index (χ3n) is 2.40. The number of hydrogen-bond acceptors (Lipinski definition) is 2. The molecule has 0 radical (unpaired) electrons. The van der Waals surface area contributed by atoms with Gasteiger partial charge in [0, 0.05) is 30.0 Å². The molecule has 1 N–H and O–H groups in total. The number of imidazole rings is 1. The summed E-state index contributed by atoms with van der Waals surface area (Å²) in [4.78, 5) is 4.26. The Morgan fingerprint density at radius 2 is 2.31 bits per heavy atom. The summed E-state index contributed by atoms with van der Waals surface area (Å²) >= 11 is 3.46. The van der Waals surface area contributed by atoms with Crippen LogP contribution in [0.1, 0.15) is 12.5 Å². The number of benzene rings is 1. The molecular formula is C12H14BrN3. The molecule has 2 rings (SSSR count). The van der Waals surface area contributed by atoms with Gasteiger partial charge in [0.05, 0.1) is 0 Å². The van der Waals surface area contributed by atoms with Crippen LogP contribution in [-0.4, -0.2) is 9.55 Å². The summed E-state index contributed by atoms with van der Waals surface area (Å²) in [5.41, 5.74) is 1.24. The normalized spacial score (nSPS) is 10.4. The monoisotopic (exact) mass is 279 g/mol. The van der Waals surface area contributed by atoms with Gasteiger partial charge in [0.15, 0.2) is 0 Å². The number of anilines is 1. The molecule has 84 valence electrons. The standard InChI is InChI=1S/C12H14BrN3/c1-2-16-7-6-14-12(16)15-9-10-4-3-5-11(13)8-10/h3-8H,2,9H2,1H3,(H,14,15). The van der Waals surface area contributed by atoms with Crippen LogP contribution in [0.25, 0.3) is 0 Å². The summed E-state index contributed by atoms with van der Waals surface area (Å²) in [5, 5.41) is 3.32. The number of hydrogen-bond donors (Lipinski definition) is 1. The van der Waals surface area contributed by atoms with E-state index in [-0.39, 0.29) is 0 Å². The van der Waals surface area contributed by atoms with Gasteiger partial charge in [-0.25, -0.2) is 4.98 Å². The van der Waals surface area contributed by atoms with Crippen molar-refractivity contribution in [3.05, 3.63) is 46.7 Å². The minimum absolute atomic E-state index is 0.788. The van der Waals surface area contributed by atoms with E-state index in [9.17, 15) is 0 Å². The summed E-state index contributed by atoms with van der Waals surface area (Å²) < 4.78 is 3.18. The Hall–Kier alpha value is -1.29. The summed E-state index contributed by atoms with van der Waals surface area (Å²) in [5.74, 6) is 0.919. The lowest BCUT2D eigenvalue weighted by Crippen LogP contribution is -2.06. The highest BCUT2D eigenvalue weighted by molar-refractivity contribution is 9.10. The van der Waals surface area contributed by atoms with Crippen LogP contribution < -0.4 is 5.32 Å². The van der Waals surface area contributed by atoms with Crippen molar-refractivity contribution in [1.29, 1.82) is 0 Å². The largest absolute Gasteiger partial charge is 0.352 e. The van der Waals surface area contributed by atoms with Crippen LogP contribution in [0.5, 0.6) is 0 Å². The van der Waals surface area contributed by atoms with Gasteiger partial charge >= 0.3 is 0 Å². The van der Waals surface area contributed by atoms with Gasteiger partial charge in [-0.05, 0) is 24.6 Å². The molecule has 0 bridgehead atoms. The average molecular weight is 280 g/mol. The molecule has 4 heteroatoms. The number of aryl methyl sites for hydroxylation is 1. The van der Waals surface area contributed by atoms with Crippen molar-refractivity contribution in [3.63, 3.8) is 0 Å². The maximum absolute atomic E-state index is 4.26. The first-order chi connectivity index (χ1) is 7.79. The zero-order chi connectivity index (χ0) is 11.4. The molecule has 1 heterocycles. The molecule has 2 aromatic rings. The van der Waals surface area contributed by atoms with Crippen LogP contribution in [0.3, 0.4) is 0 Å². The molecule has 0 unspecified atom stereocenters. The highest BCUT2D eigenvalue weighted by Gasteiger charge is 2.00. The number of aromatic nitrogens is 2. The smallest absolute Gasteiger partial charge is 0.203 e. The number of halogens is 1. The van der Waals surface area contributed by atoms with Gasteiger partial charge < -0.3 is 9.88 Å². The first kappa shape index (κ1) is 11.2. The lowest BCUT2D eigenvalue weighted by molar-refractivity contribution is 0.763. The minimum Gasteiger partial charge on any atom is -0.352 e. The molecule has 0 fully saturated rings. The van der Waals surface area contributed by atoms with Crippen molar-refractivity contribution < 1.29 is 0 Å². The van der Waals surface area contributed by atoms with Gasteiger partial charge in [-0.15, -0.1) is 0 Å². The number of nitrogens with one attached hydrogen (secondary N) is 1. The van der Waals surface area contributed by atoms with Crippen molar-refractivity contribution >= 4 is 21.9 Å². The van der Waals surface area contributed by atoms with Crippen molar-refractivity contribution in [2.75, 3.05) is 5.32 Å². The van der Waals surface area contributed by atoms with E-state index >= 15 is 0 Å². The SMILES string of the molecule is CCn1ccnc1NCc1cccc(Br)c1. The van der Waals surface area contributed by atoms with Gasteiger partial charge in [-0.2, -0.15) is 0 Å². The number of rotatable bonds is 4. The fraction of sp³-hybridized carbons (Fsp3) is 0.250. The molecule has 0 aliphatic rings. The molecule has 0 aliphatic heterocycles. The van der Waals surface area contributed by atoms with E-state index in [4.69, 9.17) is 0 Å². The van der Waals surface area contributed by atoms with Gasteiger partial charge in [0.1, 0.15) is 0 Å². The van der Waals surface area contributed by atoms with Crippen LogP contribution in [0, 0.1) is 0 Å². The van der Waals surface area contributed by atoms with Crippen molar-refractivity contribution in [2.24, 2.45) is 0 Å². The fourth-order valence-corrected chi connectivity index (χ4v) is 2.01. The van der Waals surface area contributed by atoms with Gasteiger partial charge in [0.2, 0.25) is 5.95 Å². The summed E-state index contributed by atoms with van der Waals surface area (Å²) in [6, 6.07) is 8.26. The Bertz CT molecular complexity index is 465. The summed E-state index contributed by atoms with van der Waals surface area (Å²) in [6.07, 6.45) is 3.79. The predicted octanol–water partition coefficient (Wildman–Crippen LogP) is 3.28. The molecule has 0 saturated carbocycles. The summed E-state index contributed by atoms with van der Waals surface area (Å²) in [7, 11) is 0. The van der Waals surface area contributed by atoms with E-state index in [1.54, 1.807) is 0 Å². The van der Waals surface area contributed by atoms with Gasteiger partial charge in [-0.1, -0.05) is 28.1 Å². The lowest BCUT2D eigenvalue weighted by Gasteiger charge is -2.07. The first-order valence-electron chi connectivity index (χ1n) is 5.29. The Balaban J connectivity index is 2.02. The number of nitrogens with zero attached hydrogens (tertiary/aromatic N) is 2. The Labute approximate surface area is 104 Å². The lowest BCUT2D eigenvalue weighted by atomic mass is 10.2. The second-order valence-corrected chi connectivity index (χ2v) is 4.44. The highest BCUT2D eigenvalue weighted by atomic mass is 79.9. The molecule has 0 spiro atoms. The second kappa shape index (κ2) is 5.16. The van der Waals surface area contributed by atoms with Crippen molar-refractivity contribution in [2.45, 2.75) is 20.0 Å². The minimum atomic E-state index is 0.788. The van der Waals surface area contributed by atoms with E-state index < -0.39 is 0 Å². The zero-order valence-corrected chi connectivity index (χ0v) is 10.7. The molecule has 16 heavy (non-hydrogen) atoms. The zero-order valence-electron chi connectivity index (χ0n) is 9.15. The molecule has 1 aromatic heterocycles. The van der Waals surface area contributed by atoms with E-state index in [0.29, 0.717) is 0 Å².